The molecule has 88 valence electrons. The van der Waals surface area contributed by atoms with Gasteiger partial charge in [-0.2, -0.15) is 0 Å². The molecule has 1 aromatic rings. The van der Waals surface area contributed by atoms with Crippen LogP contribution in [0.25, 0.3) is 0 Å². The van der Waals surface area contributed by atoms with Gasteiger partial charge in [-0.15, -0.1) is 0 Å². The molecule has 1 aromatic carbocycles. The monoisotopic (exact) mass is 217 g/mol. The summed E-state index contributed by atoms with van der Waals surface area (Å²) in [5.41, 5.74) is 9.10. The summed E-state index contributed by atoms with van der Waals surface area (Å²) in [5.74, 6) is 1.41. The van der Waals surface area contributed by atoms with Crippen LogP contribution >= 0.6 is 0 Å². The maximum Gasteiger partial charge on any atom is 0.0108 e. The predicted molar refractivity (Wildman–Crippen MR) is 69.6 cm³/mol. The fourth-order valence-electron chi connectivity index (χ4n) is 2.79. The molecule has 0 spiro atoms. The van der Waals surface area contributed by atoms with E-state index in [4.69, 9.17) is 5.73 Å². The molecule has 3 atom stereocenters. The Morgan fingerprint density at radius 1 is 1.19 bits per heavy atom. The van der Waals surface area contributed by atoms with E-state index in [0.29, 0.717) is 12.0 Å². The van der Waals surface area contributed by atoms with Gasteiger partial charge in [0.1, 0.15) is 0 Å². The molecule has 0 bridgehead atoms. The molecule has 0 radical (unpaired) electrons. The van der Waals surface area contributed by atoms with Crippen LogP contribution in [0.4, 0.5) is 0 Å². The minimum absolute atomic E-state index is 0.365. The minimum atomic E-state index is 0.365. The van der Waals surface area contributed by atoms with Crippen molar-refractivity contribution in [2.24, 2.45) is 11.7 Å². The van der Waals surface area contributed by atoms with E-state index in [1.165, 1.54) is 30.4 Å². The normalized spacial score (nSPS) is 30.3. The van der Waals surface area contributed by atoms with Gasteiger partial charge >= 0.3 is 0 Å². The molecule has 1 fully saturated rings. The van der Waals surface area contributed by atoms with Gasteiger partial charge in [-0.3, -0.25) is 0 Å². The predicted octanol–water partition coefficient (Wildman–Crippen LogP) is 3.48. The summed E-state index contributed by atoms with van der Waals surface area (Å²) in [6.45, 7) is 4.54. The number of rotatable bonds is 2. The van der Waals surface area contributed by atoms with Gasteiger partial charge in [-0.25, -0.2) is 0 Å². The van der Waals surface area contributed by atoms with Crippen LogP contribution in [-0.2, 0) is 6.42 Å². The van der Waals surface area contributed by atoms with Crippen molar-refractivity contribution in [2.75, 3.05) is 0 Å². The van der Waals surface area contributed by atoms with Gasteiger partial charge in [0.05, 0.1) is 0 Å². The fourth-order valence-corrected chi connectivity index (χ4v) is 2.79. The smallest absolute Gasteiger partial charge is 0.0108 e. The Bertz CT molecular complexity index is 328. The standard InChI is InChI=1S/C15H23N/c1-3-12-5-7-13(8-6-12)14-10-11(2)4-9-15(14)16/h5-8,11,14-15H,3-4,9-10,16H2,1-2H3. The van der Waals surface area contributed by atoms with E-state index in [1.54, 1.807) is 0 Å². The Morgan fingerprint density at radius 2 is 1.88 bits per heavy atom. The molecule has 0 heterocycles. The molecule has 0 saturated heterocycles. The number of hydrogen-bond acceptors (Lipinski definition) is 1. The first-order valence-corrected chi connectivity index (χ1v) is 6.55. The summed E-state index contributed by atoms with van der Waals surface area (Å²) in [5, 5.41) is 0. The van der Waals surface area contributed by atoms with Crippen LogP contribution in [0.5, 0.6) is 0 Å². The van der Waals surface area contributed by atoms with Crippen molar-refractivity contribution >= 4 is 0 Å². The van der Waals surface area contributed by atoms with E-state index in [1.807, 2.05) is 0 Å². The summed E-state index contributed by atoms with van der Waals surface area (Å²) in [6.07, 6.45) is 4.85. The van der Waals surface area contributed by atoms with E-state index in [2.05, 4.69) is 38.1 Å². The highest BCUT2D eigenvalue weighted by Crippen LogP contribution is 2.35. The van der Waals surface area contributed by atoms with Crippen LogP contribution in [0.2, 0.25) is 0 Å². The van der Waals surface area contributed by atoms with Gasteiger partial charge in [0.2, 0.25) is 0 Å². The molecule has 2 rings (SSSR count). The van der Waals surface area contributed by atoms with E-state index in [-0.39, 0.29) is 0 Å². The fraction of sp³-hybridized carbons (Fsp3) is 0.600. The molecular formula is C15H23N. The molecule has 1 aliphatic carbocycles. The summed E-state index contributed by atoms with van der Waals surface area (Å²) in [4.78, 5) is 0. The molecule has 1 nitrogen and oxygen atoms in total. The number of aryl methyl sites for hydroxylation is 1. The maximum absolute atomic E-state index is 6.24. The lowest BCUT2D eigenvalue weighted by Crippen LogP contribution is -2.33. The van der Waals surface area contributed by atoms with E-state index >= 15 is 0 Å². The lowest BCUT2D eigenvalue weighted by molar-refractivity contribution is 0.306. The van der Waals surface area contributed by atoms with E-state index in [0.717, 1.165) is 12.3 Å². The van der Waals surface area contributed by atoms with Gasteiger partial charge in [-0.05, 0) is 48.6 Å². The third-order valence-electron chi connectivity index (χ3n) is 3.98. The van der Waals surface area contributed by atoms with Crippen LogP contribution in [0.15, 0.2) is 24.3 Å². The molecule has 1 heteroatoms. The van der Waals surface area contributed by atoms with Gasteiger partial charge in [0.15, 0.2) is 0 Å². The molecule has 0 aliphatic heterocycles. The first-order chi connectivity index (χ1) is 7.70. The molecule has 2 N–H and O–H groups in total. The average molecular weight is 217 g/mol. The molecular weight excluding hydrogens is 194 g/mol. The highest BCUT2D eigenvalue weighted by atomic mass is 14.7. The molecule has 1 saturated carbocycles. The van der Waals surface area contributed by atoms with Crippen LogP contribution in [0, 0.1) is 5.92 Å². The van der Waals surface area contributed by atoms with Crippen molar-refractivity contribution < 1.29 is 0 Å². The van der Waals surface area contributed by atoms with Gasteiger partial charge < -0.3 is 5.73 Å². The highest BCUT2D eigenvalue weighted by molar-refractivity contribution is 5.27. The lowest BCUT2D eigenvalue weighted by Gasteiger charge is -2.33. The number of nitrogens with two attached hydrogens (primary N) is 1. The van der Waals surface area contributed by atoms with Crippen LogP contribution in [0.3, 0.4) is 0 Å². The Morgan fingerprint density at radius 3 is 2.50 bits per heavy atom. The average Bonchev–Trinajstić information content (AvgIpc) is 2.32. The third-order valence-corrected chi connectivity index (χ3v) is 3.98. The molecule has 0 amide bonds. The van der Waals surface area contributed by atoms with E-state index in [9.17, 15) is 0 Å². The molecule has 1 aliphatic rings. The van der Waals surface area contributed by atoms with E-state index < -0.39 is 0 Å². The lowest BCUT2D eigenvalue weighted by atomic mass is 9.76. The second-order valence-corrected chi connectivity index (χ2v) is 5.28. The zero-order chi connectivity index (χ0) is 11.5. The summed E-state index contributed by atoms with van der Waals surface area (Å²) in [7, 11) is 0. The first kappa shape index (κ1) is 11.7. The molecule has 16 heavy (non-hydrogen) atoms. The van der Waals surface area contributed by atoms with Crippen molar-refractivity contribution in [1.29, 1.82) is 0 Å². The summed E-state index contributed by atoms with van der Waals surface area (Å²) in [6, 6.07) is 9.43. The van der Waals surface area contributed by atoms with Crippen molar-refractivity contribution in [3.63, 3.8) is 0 Å². The summed E-state index contributed by atoms with van der Waals surface area (Å²) < 4.78 is 0. The Kier molecular flexibility index (Phi) is 3.65. The zero-order valence-electron chi connectivity index (χ0n) is 10.4. The Hall–Kier alpha value is -0.820. The van der Waals surface area contributed by atoms with Crippen molar-refractivity contribution in [3.05, 3.63) is 35.4 Å². The first-order valence-electron chi connectivity index (χ1n) is 6.55. The molecule has 0 aromatic heterocycles. The van der Waals surface area contributed by atoms with Gasteiger partial charge in [0, 0.05) is 6.04 Å². The van der Waals surface area contributed by atoms with Crippen molar-refractivity contribution in [2.45, 2.75) is 51.5 Å². The van der Waals surface area contributed by atoms with Crippen molar-refractivity contribution in [3.8, 4) is 0 Å². The number of benzene rings is 1. The van der Waals surface area contributed by atoms with Crippen molar-refractivity contribution in [1.82, 2.24) is 0 Å². The number of hydrogen-bond donors (Lipinski definition) is 1. The second kappa shape index (κ2) is 5.01. The highest BCUT2D eigenvalue weighted by Gasteiger charge is 2.26. The second-order valence-electron chi connectivity index (χ2n) is 5.28. The SMILES string of the molecule is CCc1ccc(C2CC(C)CCC2N)cc1. The van der Waals surface area contributed by atoms with Crippen LogP contribution in [0.1, 0.15) is 50.2 Å². The maximum atomic E-state index is 6.24. The largest absolute Gasteiger partial charge is 0.327 e. The zero-order valence-corrected chi connectivity index (χ0v) is 10.4. The van der Waals surface area contributed by atoms with Gasteiger partial charge in [-0.1, -0.05) is 38.1 Å². The minimum Gasteiger partial charge on any atom is -0.327 e. The Balaban J connectivity index is 2.15. The van der Waals surface area contributed by atoms with Crippen LogP contribution in [-0.4, -0.2) is 6.04 Å². The molecule has 3 unspecified atom stereocenters. The van der Waals surface area contributed by atoms with Crippen LogP contribution < -0.4 is 5.73 Å². The summed E-state index contributed by atoms with van der Waals surface area (Å²) >= 11 is 0. The Labute approximate surface area is 99.0 Å². The quantitative estimate of drug-likeness (QED) is 0.806. The topological polar surface area (TPSA) is 26.0 Å². The third kappa shape index (κ3) is 2.46. The van der Waals surface area contributed by atoms with Gasteiger partial charge in [0.25, 0.3) is 0 Å².